The second-order valence-electron chi connectivity index (χ2n) is 5.67. The van der Waals surface area contributed by atoms with Crippen molar-refractivity contribution in [3.8, 4) is 0 Å². The average Bonchev–Trinajstić information content (AvgIpc) is 2.63. The zero-order valence-corrected chi connectivity index (χ0v) is 13.7. The van der Waals surface area contributed by atoms with Gasteiger partial charge in [0, 0.05) is 5.69 Å². The third kappa shape index (κ3) is 4.41. The average molecular weight is 335 g/mol. The molecule has 1 atom stereocenters. The molecule has 0 aliphatic heterocycles. The summed E-state index contributed by atoms with van der Waals surface area (Å²) in [7, 11) is 0. The van der Waals surface area contributed by atoms with Gasteiger partial charge in [0.1, 0.15) is 11.5 Å². The molecule has 0 aliphatic rings. The van der Waals surface area contributed by atoms with Crippen LogP contribution >= 0.6 is 0 Å². The van der Waals surface area contributed by atoms with E-state index in [1.807, 2.05) is 37.3 Å². The number of carbonyl (C=O) groups excluding carboxylic acids is 1. The SMILES string of the molecule is CC(NC(=O)c1ccc(Nc2cccc(F)c2)cn1)c1ccccc1. The maximum Gasteiger partial charge on any atom is 0.270 e. The van der Waals surface area contributed by atoms with Gasteiger partial charge in [-0.3, -0.25) is 4.79 Å². The third-order valence-electron chi connectivity index (χ3n) is 3.76. The van der Waals surface area contributed by atoms with Crippen molar-refractivity contribution in [1.82, 2.24) is 10.3 Å². The lowest BCUT2D eigenvalue weighted by Crippen LogP contribution is -2.27. The van der Waals surface area contributed by atoms with Crippen LogP contribution in [0.5, 0.6) is 0 Å². The Morgan fingerprint density at radius 3 is 2.48 bits per heavy atom. The highest BCUT2D eigenvalue weighted by molar-refractivity contribution is 5.92. The number of pyridine rings is 1. The fourth-order valence-electron chi connectivity index (χ4n) is 2.43. The summed E-state index contributed by atoms with van der Waals surface area (Å²) in [5.74, 6) is -0.558. The van der Waals surface area contributed by atoms with Gasteiger partial charge in [-0.2, -0.15) is 0 Å². The number of hydrogen-bond acceptors (Lipinski definition) is 3. The summed E-state index contributed by atoms with van der Waals surface area (Å²) < 4.78 is 13.2. The Balaban J connectivity index is 1.64. The Hall–Kier alpha value is -3.21. The van der Waals surface area contributed by atoms with Crippen molar-refractivity contribution in [3.63, 3.8) is 0 Å². The van der Waals surface area contributed by atoms with E-state index in [2.05, 4.69) is 15.6 Å². The predicted molar refractivity (Wildman–Crippen MR) is 96.2 cm³/mol. The highest BCUT2D eigenvalue weighted by Gasteiger charge is 2.12. The van der Waals surface area contributed by atoms with E-state index in [0.29, 0.717) is 17.1 Å². The van der Waals surface area contributed by atoms with Gasteiger partial charge in [0.15, 0.2) is 0 Å². The maximum atomic E-state index is 13.2. The minimum absolute atomic E-state index is 0.111. The maximum absolute atomic E-state index is 13.2. The molecule has 0 saturated carbocycles. The lowest BCUT2D eigenvalue weighted by Gasteiger charge is -2.14. The first-order valence-corrected chi connectivity index (χ1v) is 7.96. The highest BCUT2D eigenvalue weighted by atomic mass is 19.1. The Morgan fingerprint density at radius 2 is 1.80 bits per heavy atom. The van der Waals surface area contributed by atoms with Crippen molar-refractivity contribution < 1.29 is 9.18 Å². The van der Waals surface area contributed by atoms with Gasteiger partial charge in [-0.1, -0.05) is 36.4 Å². The molecule has 1 unspecified atom stereocenters. The van der Waals surface area contributed by atoms with E-state index in [4.69, 9.17) is 0 Å². The molecule has 2 aromatic carbocycles. The highest BCUT2D eigenvalue weighted by Crippen LogP contribution is 2.17. The number of carbonyl (C=O) groups is 1. The summed E-state index contributed by atoms with van der Waals surface area (Å²) in [6.45, 7) is 1.92. The van der Waals surface area contributed by atoms with Crippen molar-refractivity contribution in [1.29, 1.82) is 0 Å². The number of anilines is 2. The molecule has 0 saturated heterocycles. The number of nitrogens with zero attached hydrogens (tertiary/aromatic N) is 1. The molecule has 1 aromatic heterocycles. The second kappa shape index (κ2) is 7.57. The molecule has 0 spiro atoms. The van der Waals surface area contributed by atoms with Crippen LogP contribution in [0.4, 0.5) is 15.8 Å². The standard InChI is InChI=1S/C20H18FN3O/c1-14(15-6-3-2-4-7-15)23-20(25)19-11-10-18(13-22-19)24-17-9-5-8-16(21)12-17/h2-14,24H,1H3,(H,23,25). The van der Waals surface area contributed by atoms with Gasteiger partial charge < -0.3 is 10.6 Å². The number of rotatable bonds is 5. The summed E-state index contributed by atoms with van der Waals surface area (Å²) in [6.07, 6.45) is 1.55. The zero-order valence-electron chi connectivity index (χ0n) is 13.7. The Morgan fingerprint density at radius 1 is 1.00 bits per heavy atom. The predicted octanol–water partition coefficient (Wildman–Crippen LogP) is 4.46. The van der Waals surface area contributed by atoms with E-state index in [1.165, 1.54) is 12.1 Å². The number of hydrogen-bond donors (Lipinski definition) is 2. The van der Waals surface area contributed by atoms with E-state index in [-0.39, 0.29) is 17.8 Å². The molecule has 3 aromatic rings. The number of benzene rings is 2. The van der Waals surface area contributed by atoms with E-state index >= 15 is 0 Å². The molecule has 0 radical (unpaired) electrons. The van der Waals surface area contributed by atoms with Gasteiger partial charge in [-0.15, -0.1) is 0 Å². The van der Waals surface area contributed by atoms with Crippen LogP contribution in [0.25, 0.3) is 0 Å². The molecule has 25 heavy (non-hydrogen) atoms. The van der Waals surface area contributed by atoms with Gasteiger partial charge in [0.25, 0.3) is 5.91 Å². The smallest absolute Gasteiger partial charge is 0.270 e. The van der Waals surface area contributed by atoms with E-state index in [1.54, 1.807) is 30.5 Å². The van der Waals surface area contributed by atoms with Crippen LogP contribution in [0, 0.1) is 5.82 Å². The Kier molecular flexibility index (Phi) is 5.04. The Labute approximate surface area is 145 Å². The van der Waals surface area contributed by atoms with Gasteiger partial charge in [0.05, 0.1) is 17.9 Å². The summed E-state index contributed by atoms with van der Waals surface area (Å²) in [4.78, 5) is 16.5. The topological polar surface area (TPSA) is 54.0 Å². The van der Waals surface area contributed by atoms with E-state index in [9.17, 15) is 9.18 Å². The minimum Gasteiger partial charge on any atom is -0.354 e. The van der Waals surface area contributed by atoms with E-state index in [0.717, 1.165) is 5.56 Å². The molecule has 0 fully saturated rings. The first-order chi connectivity index (χ1) is 12.1. The summed E-state index contributed by atoms with van der Waals surface area (Å²) in [5.41, 5.74) is 2.66. The molecule has 0 aliphatic carbocycles. The van der Waals surface area contributed by atoms with E-state index < -0.39 is 0 Å². The molecule has 1 heterocycles. The molecule has 2 N–H and O–H groups in total. The molecule has 0 bridgehead atoms. The van der Waals surface area contributed by atoms with Crippen molar-refractivity contribution in [2.45, 2.75) is 13.0 Å². The van der Waals surface area contributed by atoms with Crippen molar-refractivity contribution in [3.05, 3.63) is 90.0 Å². The van der Waals surface area contributed by atoms with Crippen molar-refractivity contribution in [2.24, 2.45) is 0 Å². The van der Waals surface area contributed by atoms with Crippen LogP contribution in [0.1, 0.15) is 29.0 Å². The zero-order chi connectivity index (χ0) is 17.6. The summed E-state index contributed by atoms with van der Waals surface area (Å²) in [6, 6.07) is 19.1. The largest absolute Gasteiger partial charge is 0.354 e. The Bertz CT molecular complexity index is 850. The fourth-order valence-corrected chi connectivity index (χ4v) is 2.43. The first-order valence-electron chi connectivity index (χ1n) is 7.96. The van der Waals surface area contributed by atoms with Gasteiger partial charge in [-0.05, 0) is 42.8 Å². The van der Waals surface area contributed by atoms with Crippen LogP contribution in [0.2, 0.25) is 0 Å². The molecule has 126 valence electrons. The molecule has 3 rings (SSSR count). The fraction of sp³-hybridized carbons (Fsp3) is 0.100. The molecular formula is C20H18FN3O. The number of nitrogens with one attached hydrogen (secondary N) is 2. The summed E-state index contributed by atoms with van der Waals surface area (Å²) in [5, 5.41) is 5.96. The van der Waals surface area contributed by atoms with Gasteiger partial charge in [0.2, 0.25) is 0 Å². The normalized spacial score (nSPS) is 11.6. The second-order valence-corrected chi connectivity index (χ2v) is 5.67. The van der Waals surface area contributed by atoms with Crippen LogP contribution in [-0.4, -0.2) is 10.9 Å². The molecule has 1 amide bonds. The van der Waals surface area contributed by atoms with Crippen LogP contribution < -0.4 is 10.6 Å². The molecule has 5 heteroatoms. The first kappa shape index (κ1) is 16.6. The number of aromatic nitrogens is 1. The lowest BCUT2D eigenvalue weighted by atomic mass is 10.1. The molecule has 4 nitrogen and oxygen atoms in total. The third-order valence-corrected chi connectivity index (χ3v) is 3.76. The van der Waals surface area contributed by atoms with Crippen molar-refractivity contribution >= 4 is 17.3 Å². The molecular weight excluding hydrogens is 317 g/mol. The minimum atomic E-state index is -0.316. The van der Waals surface area contributed by atoms with Crippen LogP contribution in [0.3, 0.4) is 0 Å². The van der Waals surface area contributed by atoms with Crippen molar-refractivity contribution in [2.75, 3.05) is 5.32 Å². The van der Waals surface area contributed by atoms with Gasteiger partial charge in [-0.25, -0.2) is 9.37 Å². The van der Waals surface area contributed by atoms with Crippen LogP contribution in [-0.2, 0) is 0 Å². The number of amides is 1. The number of halogens is 1. The van der Waals surface area contributed by atoms with Crippen LogP contribution in [0.15, 0.2) is 72.9 Å². The monoisotopic (exact) mass is 335 g/mol. The lowest BCUT2D eigenvalue weighted by molar-refractivity contribution is 0.0935. The quantitative estimate of drug-likeness (QED) is 0.724. The summed E-state index contributed by atoms with van der Waals surface area (Å²) >= 11 is 0. The van der Waals surface area contributed by atoms with Gasteiger partial charge >= 0.3 is 0 Å².